The number of oxazole rings is 1. The molecule has 0 fully saturated rings. The van der Waals surface area contributed by atoms with E-state index in [1.165, 1.54) is 5.56 Å². The van der Waals surface area contributed by atoms with Crippen molar-refractivity contribution in [2.24, 2.45) is 5.92 Å². The van der Waals surface area contributed by atoms with E-state index in [0.29, 0.717) is 5.92 Å². The van der Waals surface area contributed by atoms with Gasteiger partial charge in [-0.15, -0.1) is 0 Å². The number of aromatic nitrogens is 1. The van der Waals surface area contributed by atoms with Gasteiger partial charge in [0.05, 0.1) is 6.20 Å². The van der Waals surface area contributed by atoms with Crippen molar-refractivity contribution in [2.45, 2.75) is 27.2 Å². The Morgan fingerprint density at radius 2 is 2.15 bits per heavy atom. The summed E-state index contributed by atoms with van der Waals surface area (Å²) in [5, 5.41) is 3.39. The zero-order valence-electron chi connectivity index (χ0n) is 12.2. The first-order chi connectivity index (χ1) is 9.56. The van der Waals surface area contributed by atoms with Gasteiger partial charge in [-0.25, -0.2) is 4.98 Å². The molecule has 1 N–H and O–H groups in total. The molecule has 20 heavy (non-hydrogen) atoms. The van der Waals surface area contributed by atoms with E-state index in [4.69, 9.17) is 4.42 Å². The molecule has 0 saturated carbocycles. The minimum absolute atomic E-state index is 0.665. The summed E-state index contributed by atoms with van der Waals surface area (Å²) in [6.45, 7) is 8.39. The predicted octanol–water partition coefficient (Wildman–Crippen LogP) is 4.20. The van der Waals surface area contributed by atoms with Gasteiger partial charge in [0.15, 0.2) is 11.7 Å². The smallest absolute Gasteiger partial charge is 0.196 e. The van der Waals surface area contributed by atoms with Crippen molar-refractivity contribution in [2.75, 3.05) is 13.1 Å². The lowest BCUT2D eigenvalue weighted by molar-refractivity contribution is 0.483. The maximum absolute atomic E-state index is 5.83. The molecule has 0 bridgehead atoms. The lowest BCUT2D eigenvalue weighted by Crippen LogP contribution is -2.22. The van der Waals surface area contributed by atoms with Crippen LogP contribution in [0.15, 0.2) is 33.3 Å². The van der Waals surface area contributed by atoms with Gasteiger partial charge < -0.3 is 9.73 Å². The normalized spacial score (nSPS) is 11.2. The summed E-state index contributed by atoms with van der Waals surface area (Å²) >= 11 is 3.56. The van der Waals surface area contributed by atoms with Gasteiger partial charge in [-0.2, -0.15) is 0 Å². The summed E-state index contributed by atoms with van der Waals surface area (Å²) in [4.78, 5) is 4.35. The topological polar surface area (TPSA) is 38.1 Å². The highest BCUT2D eigenvalue weighted by Crippen LogP contribution is 2.29. The van der Waals surface area contributed by atoms with Crippen LogP contribution >= 0.6 is 15.9 Å². The number of rotatable bonds is 6. The second kappa shape index (κ2) is 7.04. The van der Waals surface area contributed by atoms with Gasteiger partial charge in [0.2, 0.25) is 0 Å². The zero-order valence-corrected chi connectivity index (χ0v) is 13.8. The molecule has 3 nitrogen and oxygen atoms in total. The van der Waals surface area contributed by atoms with Crippen LogP contribution in [0.2, 0.25) is 0 Å². The van der Waals surface area contributed by atoms with Gasteiger partial charge in [-0.3, -0.25) is 0 Å². The Kier molecular flexibility index (Phi) is 5.38. The van der Waals surface area contributed by atoms with Crippen molar-refractivity contribution < 1.29 is 4.42 Å². The fourth-order valence-corrected chi connectivity index (χ4v) is 2.41. The lowest BCUT2D eigenvalue weighted by Gasteiger charge is -2.05. The SMILES string of the molecule is Cc1ccc(Br)c(-c2cnc(CCNCC(C)C)o2)c1. The molecule has 0 spiro atoms. The highest BCUT2D eigenvalue weighted by Gasteiger charge is 2.09. The Labute approximate surface area is 128 Å². The Balaban J connectivity index is 2.00. The Morgan fingerprint density at radius 3 is 2.90 bits per heavy atom. The van der Waals surface area contributed by atoms with Crippen LogP contribution in [0.5, 0.6) is 0 Å². The number of hydrogen-bond acceptors (Lipinski definition) is 3. The van der Waals surface area contributed by atoms with Gasteiger partial charge in [0.25, 0.3) is 0 Å². The molecule has 4 heteroatoms. The molecular formula is C16H21BrN2O. The quantitative estimate of drug-likeness (QED) is 0.803. The molecule has 108 valence electrons. The molecule has 0 radical (unpaired) electrons. The van der Waals surface area contributed by atoms with E-state index in [9.17, 15) is 0 Å². The summed E-state index contributed by atoms with van der Waals surface area (Å²) in [5.74, 6) is 2.27. The highest BCUT2D eigenvalue weighted by atomic mass is 79.9. The lowest BCUT2D eigenvalue weighted by atomic mass is 10.1. The first kappa shape index (κ1) is 15.3. The van der Waals surface area contributed by atoms with E-state index < -0.39 is 0 Å². The molecule has 1 aromatic carbocycles. The molecule has 2 aromatic rings. The van der Waals surface area contributed by atoms with E-state index in [1.54, 1.807) is 6.20 Å². The van der Waals surface area contributed by atoms with Gasteiger partial charge in [-0.1, -0.05) is 41.4 Å². The van der Waals surface area contributed by atoms with Crippen molar-refractivity contribution in [3.63, 3.8) is 0 Å². The monoisotopic (exact) mass is 336 g/mol. The minimum atomic E-state index is 0.665. The van der Waals surface area contributed by atoms with Crippen LogP contribution in [0.3, 0.4) is 0 Å². The number of aryl methyl sites for hydroxylation is 1. The number of nitrogens with one attached hydrogen (secondary N) is 1. The van der Waals surface area contributed by atoms with E-state index in [0.717, 1.165) is 41.2 Å². The molecule has 0 amide bonds. The van der Waals surface area contributed by atoms with Gasteiger partial charge in [-0.05, 0) is 31.5 Å². The van der Waals surface area contributed by atoms with E-state index in [-0.39, 0.29) is 0 Å². The molecule has 2 rings (SSSR count). The Hall–Kier alpha value is -1.13. The van der Waals surface area contributed by atoms with Crippen molar-refractivity contribution in [1.82, 2.24) is 10.3 Å². The van der Waals surface area contributed by atoms with E-state index in [1.807, 2.05) is 6.07 Å². The molecular weight excluding hydrogens is 316 g/mol. The molecule has 0 aliphatic rings. The van der Waals surface area contributed by atoms with Crippen molar-refractivity contribution in [3.8, 4) is 11.3 Å². The maximum Gasteiger partial charge on any atom is 0.196 e. The largest absolute Gasteiger partial charge is 0.441 e. The Bertz CT molecular complexity index is 563. The second-order valence-corrected chi connectivity index (χ2v) is 6.30. The van der Waals surface area contributed by atoms with Crippen LogP contribution in [-0.2, 0) is 6.42 Å². The van der Waals surface area contributed by atoms with Crippen LogP contribution in [0.1, 0.15) is 25.3 Å². The maximum atomic E-state index is 5.83. The third kappa shape index (κ3) is 4.18. The number of hydrogen-bond donors (Lipinski definition) is 1. The second-order valence-electron chi connectivity index (χ2n) is 5.45. The first-order valence-electron chi connectivity index (χ1n) is 6.98. The van der Waals surface area contributed by atoms with Crippen LogP contribution in [-0.4, -0.2) is 18.1 Å². The molecule has 0 unspecified atom stereocenters. The average Bonchev–Trinajstić information content (AvgIpc) is 2.86. The van der Waals surface area contributed by atoms with Gasteiger partial charge >= 0.3 is 0 Å². The fourth-order valence-electron chi connectivity index (χ4n) is 1.96. The summed E-state index contributed by atoms with van der Waals surface area (Å²) in [7, 11) is 0. The Morgan fingerprint density at radius 1 is 1.35 bits per heavy atom. The standard InChI is InChI=1S/C16H21BrN2O/c1-11(2)9-18-7-6-16-19-10-15(20-16)13-8-12(3)4-5-14(13)17/h4-5,8,10-11,18H,6-7,9H2,1-3H3. The summed E-state index contributed by atoms with van der Waals surface area (Å²) < 4.78 is 6.86. The van der Waals surface area contributed by atoms with Crippen molar-refractivity contribution >= 4 is 15.9 Å². The van der Waals surface area contributed by atoms with Crippen LogP contribution in [0.25, 0.3) is 11.3 Å². The molecule has 1 aromatic heterocycles. The fraction of sp³-hybridized carbons (Fsp3) is 0.438. The first-order valence-corrected chi connectivity index (χ1v) is 7.77. The van der Waals surface area contributed by atoms with Gasteiger partial charge in [0, 0.05) is 23.0 Å². The van der Waals surface area contributed by atoms with Gasteiger partial charge in [0.1, 0.15) is 0 Å². The highest BCUT2D eigenvalue weighted by molar-refractivity contribution is 9.10. The van der Waals surface area contributed by atoms with E-state index >= 15 is 0 Å². The minimum Gasteiger partial charge on any atom is -0.441 e. The summed E-state index contributed by atoms with van der Waals surface area (Å²) in [6, 6.07) is 6.21. The molecule has 0 aliphatic heterocycles. The van der Waals surface area contributed by atoms with E-state index in [2.05, 4.69) is 59.1 Å². The third-order valence-corrected chi connectivity index (χ3v) is 3.70. The molecule has 0 aliphatic carbocycles. The molecule has 0 atom stereocenters. The average molecular weight is 337 g/mol. The molecule has 1 heterocycles. The van der Waals surface area contributed by atoms with Crippen molar-refractivity contribution in [1.29, 1.82) is 0 Å². The van der Waals surface area contributed by atoms with Crippen LogP contribution in [0, 0.1) is 12.8 Å². The number of nitrogens with zero attached hydrogens (tertiary/aromatic N) is 1. The third-order valence-electron chi connectivity index (χ3n) is 3.01. The van der Waals surface area contributed by atoms with Crippen LogP contribution < -0.4 is 5.32 Å². The predicted molar refractivity (Wildman–Crippen MR) is 85.8 cm³/mol. The summed E-state index contributed by atoms with van der Waals surface area (Å²) in [5.41, 5.74) is 2.26. The number of halogens is 1. The number of benzene rings is 1. The zero-order chi connectivity index (χ0) is 14.5. The van der Waals surface area contributed by atoms with Crippen LogP contribution in [0.4, 0.5) is 0 Å². The molecule has 0 saturated heterocycles. The summed E-state index contributed by atoms with van der Waals surface area (Å²) in [6.07, 6.45) is 2.62. The van der Waals surface area contributed by atoms with Crippen molar-refractivity contribution in [3.05, 3.63) is 40.3 Å².